The molecule has 5 nitrogen and oxygen atoms in total. The van der Waals surface area contributed by atoms with Crippen LogP contribution in [0.25, 0.3) is 11.4 Å². The maximum absolute atomic E-state index is 6.02. The minimum Gasteiger partial charge on any atom is -0.338 e. The minimum atomic E-state index is 0.227. The van der Waals surface area contributed by atoms with Crippen molar-refractivity contribution in [1.29, 1.82) is 0 Å². The number of halogens is 1. The Balaban J connectivity index is 1.88. The van der Waals surface area contributed by atoms with E-state index < -0.39 is 0 Å². The molecular weight excluding hydrogens is 365 g/mol. The van der Waals surface area contributed by atoms with E-state index in [1.807, 2.05) is 6.07 Å². The van der Waals surface area contributed by atoms with E-state index in [2.05, 4.69) is 61.7 Å². The third-order valence-electron chi connectivity index (χ3n) is 3.66. The van der Waals surface area contributed by atoms with Gasteiger partial charge in [0, 0.05) is 28.3 Å². The van der Waals surface area contributed by atoms with Gasteiger partial charge in [0.25, 0.3) is 0 Å². The number of aryl methyl sites for hydroxylation is 1. The van der Waals surface area contributed by atoms with Gasteiger partial charge in [0.1, 0.15) is 0 Å². The smallest absolute Gasteiger partial charge is 0.245 e. The summed E-state index contributed by atoms with van der Waals surface area (Å²) < 4.78 is 1.21. The largest absolute Gasteiger partial charge is 0.338 e. The SMILES string of the molecule is Cc1cccc(-c2nc(N3CCCC(N)C3)n[nH]2)c1I. The minimum absolute atomic E-state index is 0.227. The fraction of sp³-hybridized carbons (Fsp3) is 0.429. The summed E-state index contributed by atoms with van der Waals surface area (Å²) in [5.74, 6) is 1.58. The third-order valence-corrected chi connectivity index (χ3v) is 5.09. The lowest BCUT2D eigenvalue weighted by Crippen LogP contribution is -2.43. The van der Waals surface area contributed by atoms with Crippen molar-refractivity contribution in [2.24, 2.45) is 5.73 Å². The molecule has 1 fully saturated rings. The van der Waals surface area contributed by atoms with Crippen molar-refractivity contribution in [3.8, 4) is 11.4 Å². The third kappa shape index (κ3) is 2.67. The number of anilines is 1. The molecule has 1 aliphatic heterocycles. The average Bonchev–Trinajstić information content (AvgIpc) is 2.91. The second kappa shape index (κ2) is 5.69. The molecule has 0 bridgehead atoms. The molecule has 3 rings (SSSR count). The van der Waals surface area contributed by atoms with E-state index in [1.54, 1.807) is 0 Å². The summed E-state index contributed by atoms with van der Waals surface area (Å²) in [7, 11) is 0. The highest BCUT2D eigenvalue weighted by Crippen LogP contribution is 2.26. The van der Waals surface area contributed by atoms with Crippen LogP contribution in [0.5, 0.6) is 0 Å². The van der Waals surface area contributed by atoms with Gasteiger partial charge in [-0.3, -0.25) is 5.10 Å². The molecule has 1 aromatic carbocycles. The molecule has 0 aliphatic carbocycles. The number of aromatic nitrogens is 3. The molecule has 0 radical (unpaired) electrons. The normalized spacial score (nSPS) is 19.4. The molecule has 3 N–H and O–H groups in total. The van der Waals surface area contributed by atoms with Gasteiger partial charge in [0.15, 0.2) is 5.82 Å². The summed E-state index contributed by atoms with van der Waals surface area (Å²) in [6, 6.07) is 6.45. The molecular formula is C14H18IN5. The Morgan fingerprint density at radius 1 is 1.45 bits per heavy atom. The topological polar surface area (TPSA) is 70.8 Å². The molecule has 1 atom stereocenters. The molecule has 2 aromatic rings. The Morgan fingerprint density at radius 3 is 3.10 bits per heavy atom. The van der Waals surface area contributed by atoms with Gasteiger partial charge < -0.3 is 10.6 Å². The van der Waals surface area contributed by atoms with Gasteiger partial charge in [-0.15, -0.1) is 5.10 Å². The maximum atomic E-state index is 6.02. The summed E-state index contributed by atoms with van der Waals surface area (Å²) in [6.45, 7) is 3.92. The van der Waals surface area contributed by atoms with Crippen LogP contribution in [-0.4, -0.2) is 34.3 Å². The lowest BCUT2D eigenvalue weighted by atomic mass is 10.1. The molecule has 0 saturated carbocycles. The molecule has 2 heterocycles. The zero-order valence-electron chi connectivity index (χ0n) is 11.4. The van der Waals surface area contributed by atoms with Crippen LogP contribution in [0.2, 0.25) is 0 Å². The Kier molecular flexibility index (Phi) is 3.93. The number of benzene rings is 1. The summed E-state index contributed by atoms with van der Waals surface area (Å²) in [4.78, 5) is 6.80. The number of aromatic amines is 1. The summed E-state index contributed by atoms with van der Waals surface area (Å²) in [5, 5.41) is 7.41. The average molecular weight is 383 g/mol. The fourth-order valence-electron chi connectivity index (χ4n) is 2.54. The number of nitrogens with one attached hydrogen (secondary N) is 1. The van der Waals surface area contributed by atoms with Gasteiger partial charge in [-0.1, -0.05) is 18.2 Å². The predicted octanol–water partition coefficient (Wildman–Crippen LogP) is 2.31. The van der Waals surface area contributed by atoms with E-state index in [-0.39, 0.29) is 6.04 Å². The highest BCUT2D eigenvalue weighted by molar-refractivity contribution is 14.1. The van der Waals surface area contributed by atoms with Gasteiger partial charge in [-0.2, -0.15) is 4.98 Å². The van der Waals surface area contributed by atoms with Gasteiger partial charge in [-0.25, -0.2) is 0 Å². The van der Waals surface area contributed by atoms with Gasteiger partial charge in [-0.05, 0) is 47.9 Å². The van der Waals surface area contributed by atoms with E-state index in [4.69, 9.17) is 5.73 Å². The number of nitrogens with zero attached hydrogens (tertiary/aromatic N) is 3. The molecule has 20 heavy (non-hydrogen) atoms. The molecule has 1 aliphatic rings. The summed E-state index contributed by atoms with van der Waals surface area (Å²) in [6.07, 6.45) is 2.19. The van der Waals surface area contributed by atoms with E-state index in [1.165, 1.54) is 9.13 Å². The van der Waals surface area contributed by atoms with Crippen molar-refractivity contribution in [1.82, 2.24) is 15.2 Å². The van der Waals surface area contributed by atoms with Gasteiger partial charge in [0.2, 0.25) is 5.95 Å². The van der Waals surface area contributed by atoms with Crippen LogP contribution in [0.1, 0.15) is 18.4 Å². The van der Waals surface area contributed by atoms with Crippen LogP contribution in [-0.2, 0) is 0 Å². The predicted molar refractivity (Wildman–Crippen MR) is 88.7 cm³/mol. The molecule has 0 amide bonds. The van der Waals surface area contributed by atoms with Crippen LogP contribution in [0.4, 0.5) is 5.95 Å². The van der Waals surface area contributed by atoms with E-state index in [9.17, 15) is 0 Å². The quantitative estimate of drug-likeness (QED) is 0.781. The van der Waals surface area contributed by atoms with E-state index >= 15 is 0 Å². The van der Waals surface area contributed by atoms with Crippen molar-refractivity contribution in [2.45, 2.75) is 25.8 Å². The van der Waals surface area contributed by atoms with Crippen molar-refractivity contribution in [3.05, 3.63) is 27.3 Å². The van der Waals surface area contributed by atoms with Crippen LogP contribution in [0.15, 0.2) is 18.2 Å². The lowest BCUT2D eigenvalue weighted by molar-refractivity contribution is 0.500. The van der Waals surface area contributed by atoms with Gasteiger partial charge >= 0.3 is 0 Å². The summed E-state index contributed by atoms with van der Waals surface area (Å²) >= 11 is 2.35. The number of hydrogen-bond acceptors (Lipinski definition) is 4. The number of H-pyrrole nitrogens is 1. The molecule has 1 aromatic heterocycles. The fourth-order valence-corrected chi connectivity index (χ4v) is 3.15. The second-order valence-electron chi connectivity index (χ2n) is 5.27. The maximum Gasteiger partial charge on any atom is 0.245 e. The van der Waals surface area contributed by atoms with Crippen molar-refractivity contribution in [2.75, 3.05) is 18.0 Å². The number of nitrogens with two attached hydrogens (primary N) is 1. The van der Waals surface area contributed by atoms with Crippen LogP contribution >= 0.6 is 22.6 Å². The number of rotatable bonds is 2. The van der Waals surface area contributed by atoms with Crippen LogP contribution < -0.4 is 10.6 Å². The molecule has 106 valence electrons. The Labute approximate surface area is 132 Å². The first-order chi connectivity index (χ1) is 9.65. The van der Waals surface area contributed by atoms with Crippen molar-refractivity contribution < 1.29 is 0 Å². The molecule has 0 spiro atoms. The van der Waals surface area contributed by atoms with Crippen molar-refractivity contribution in [3.63, 3.8) is 0 Å². The number of hydrogen-bond donors (Lipinski definition) is 2. The van der Waals surface area contributed by atoms with Crippen LogP contribution in [0.3, 0.4) is 0 Å². The Bertz CT molecular complexity index is 609. The highest BCUT2D eigenvalue weighted by atomic mass is 127. The summed E-state index contributed by atoms with van der Waals surface area (Å²) in [5.41, 5.74) is 8.37. The zero-order chi connectivity index (χ0) is 14.1. The van der Waals surface area contributed by atoms with Crippen molar-refractivity contribution >= 4 is 28.5 Å². The Morgan fingerprint density at radius 2 is 2.30 bits per heavy atom. The molecule has 1 saturated heterocycles. The molecule has 6 heteroatoms. The second-order valence-corrected chi connectivity index (χ2v) is 6.35. The van der Waals surface area contributed by atoms with E-state index in [0.29, 0.717) is 0 Å². The molecule has 1 unspecified atom stereocenters. The zero-order valence-corrected chi connectivity index (χ0v) is 13.6. The standard InChI is InChI=1S/C14H18IN5/c1-9-4-2-6-11(12(9)15)13-17-14(19-18-13)20-7-3-5-10(16)8-20/h2,4,6,10H,3,5,7-8,16H2,1H3,(H,17,18,19). The number of piperidine rings is 1. The first-order valence-electron chi connectivity index (χ1n) is 6.83. The van der Waals surface area contributed by atoms with Gasteiger partial charge in [0.05, 0.1) is 0 Å². The lowest BCUT2D eigenvalue weighted by Gasteiger charge is -2.29. The first-order valence-corrected chi connectivity index (χ1v) is 7.91. The van der Waals surface area contributed by atoms with Crippen LogP contribution in [0, 0.1) is 10.5 Å². The van der Waals surface area contributed by atoms with E-state index in [0.717, 1.165) is 43.3 Å². The monoisotopic (exact) mass is 383 g/mol. The highest BCUT2D eigenvalue weighted by Gasteiger charge is 2.20. The first kappa shape index (κ1) is 13.8. The Hall–Kier alpha value is -1.15.